The van der Waals surface area contributed by atoms with Gasteiger partial charge in [0.15, 0.2) is 0 Å². The minimum absolute atomic E-state index is 0.0150. The predicted molar refractivity (Wildman–Crippen MR) is 106 cm³/mol. The number of carbonyl (C=O) groups excluding carboxylic acids is 1. The van der Waals surface area contributed by atoms with Crippen molar-refractivity contribution >= 4 is 11.9 Å². The van der Waals surface area contributed by atoms with Gasteiger partial charge in [0.2, 0.25) is 0 Å². The molecule has 5 heteroatoms. The van der Waals surface area contributed by atoms with Crippen LogP contribution in [0.3, 0.4) is 0 Å². The van der Waals surface area contributed by atoms with Gasteiger partial charge in [-0.15, -0.1) is 0 Å². The molecule has 2 saturated heterocycles. The molecule has 3 atom stereocenters. The number of nitrogens with zero attached hydrogens (tertiary/aromatic N) is 1. The van der Waals surface area contributed by atoms with Crippen molar-refractivity contribution in [1.29, 1.82) is 0 Å². The summed E-state index contributed by atoms with van der Waals surface area (Å²) in [4.78, 5) is 27.7. The molecule has 0 unspecified atom stereocenters. The summed E-state index contributed by atoms with van der Waals surface area (Å²) in [6.07, 6.45) is 2.58. The fourth-order valence-electron chi connectivity index (χ4n) is 5.09. The van der Waals surface area contributed by atoms with E-state index >= 15 is 0 Å². The number of aliphatic carboxylic acids is 1. The van der Waals surface area contributed by atoms with Crippen molar-refractivity contribution in [3.05, 3.63) is 65.2 Å². The number of benzene rings is 2. The lowest BCUT2D eigenvalue weighted by Gasteiger charge is -2.33. The summed E-state index contributed by atoms with van der Waals surface area (Å²) in [6, 6.07) is 14.9. The number of aryl methyl sites for hydroxylation is 1. The van der Waals surface area contributed by atoms with Crippen LogP contribution in [0.5, 0.6) is 5.75 Å². The van der Waals surface area contributed by atoms with Crippen molar-refractivity contribution in [2.75, 3.05) is 7.11 Å². The van der Waals surface area contributed by atoms with Crippen LogP contribution in [0.4, 0.5) is 0 Å². The van der Waals surface area contributed by atoms with Gasteiger partial charge in [-0.05, 0) is 61.9 Å². The van der Waals surface area contributed by atoms with Crippen LogP contribution in [0.2, 0.25) is 0 Å². The molecular formula is C23H25NO4. The number of hydrogen-bond acceptors (Lipinski definition) is 3. The summed E-state index contributed by atoms with van der Waals surface area (Å²) in [7, 11) is 1.60. The average Bonchev–Trinajstić information content (AvgIpc) is 3.24. The molecular weight excluding hydrogens is 354 g/mol. The number of carboxylic acids is 1. The van der Waals surface area contributed by atoms with Crippen LogP contribution in [0.15, 0.2) is 48.5 Å². The van der Waals surface area contributed by atoms with E-state index in [1.54, 1.807) is 19.2 Å². The Morgan fingerprint density at radius 2 is 1.93 bits per heavy atom. The minimum Gasteiger partial charge on any atom is -0.497 e. The van der Waals surface area contributed by atoms with Gasteiger partial charge in [0.25, 0.3) is 5.91 Å². The average molecular weight is 379 g/mol. The molecule has 2 heterocycles. The summed E-state index contributed by atoms with van der Waals surface area (Å²) in [5, 5.41) is 10.2. The summed E-state index contributed by atoms with van der Waals surface area (Å²) in [5.41, 5.74) is 1.56. The van der Waals surface area contributed by atoms with Crippen LogP contribution in [0.25, 0.3) is 0 Å². The smallest absolute Gasteiger partial charge is 0.312 e. The highest BCUT2D eigenvalue weighted by molar-refractivity contribution is 5.97. The maximum absolute atomic E-state index is 13.4. The van der Waals surface area contributed by atoms with Gasteiger partial charge in [0, 0.05) is 17.6 Å². The van der Waals surface area contributed by atoms with Gasteiger partial charge in [-0.2, -0.15) is 0 Å². The van der Waals surface area contributed by atoms with E-state index in [9.17, 15) is 14.7 Å². The monoisotopic (exact) mass is 379 g/mol. The first-order valence-electron chi connectivity index (χ1n) is 9.71. The molecule has 2 aromatic carbocycles. The Bertz CT molecular complexity index is 910. The quantitative estimate of drug-likeness (QED) is 0.860. The Morgan fingerprint density at radius 3 is 2.57 bits per heavy atom. The number of fused-ring (bicyclic) bond motifs is 2. The molecule has 0 saturated carbocycles. The van der Waals surface area contributed by atoms with Crippen LogP contribution >= 0.6 is 0 Å². The van der Waals surface area contributed by atoms with E-state index in [0.717, 1.165) is 24.0 Å². The van der Waals surface area contributed by atoms with Crippen LogP contribution in [-0.2, 0) is 11.2 Å². The van der Waals surface area contributed by atoms with Crippen LogP contribution in [-0.4, -0.2) is 41.1 Å². The highest BCUT2D eigenvalue weighted by Gasteiger charge is 2.61. The third-order valence-electron chi connectivity index (χ3n) is 6.43. The van der Waals surface area contributed by atoms with Crippen molar-refractivity contribution < 1.29 is 19.4 Å². The van der Waals surface area contributed by atoms with Crippen LogP contribution in [0, 0.1) is 12.3 Å². The molecule has 0 spiro atoms. The molecule has 2 bridgehead atoms. The van der Waals surface area contributed by atoms with Gasteiger partial charge >= 0.3 is 5.97 Å². The molecule has 1 N–H and O–H groups in total. The fourth-order valence-corrected chi connectivity index (χ4v) is 5.09. The Labute approximate surface area is 164 Å². The number of rotatable bonds is 5. The van der Waals surface area contributed by atoms with E-state index in [1.807, 2.05) is 48.2 Å². The van der Waals surface area contributed by atoms with E-state index in [4.69, 9.17) is 4.74 Å². The van der Waals surface area contributed by atoms with Crippen molar-refractivity contribution in [3.63, 3.8) is 0 Å². The molecule has 5 nitrogen and oxygen atoms in total. The van der Waals surface area contributed by atoms with Gasteiger partial charge in [0.1, 0.15) is 5.75 Å². The van der Waals surface area contributed by atoms with Crippen molar-refractivity contribution in [2.24, 2.45) is 5.41 Å². The molecule has 2 aromatic rings. The normalized spacial score (nSPS) is 25.7. The van der Waals surface area contributed by atoms with Crippen LogP contribution in [0.1, 0.15) is 40.7 Å². The second kappa shape index (κ2) is 6.97. The summed E-state index contributed by atoms with van der Waals surface area (Å²) >= 11 is 0. The molecule has 0 aliphatic carbocycles. The predicted octanol–water partition coefficient (Wildman–Crippen LogP) is 3.69. The Hall–Kier alpha value is -2.82. The Balaban J connectivity index is 1.67. The van der Waals surface area contributed by atoms with Crippen molar-refractivity contribution in [2.45, 2.75) is 44.7 Å². The summed E-state index contributed by atoms with van der Waals surface area (Å²) in [6.45, 7) is 1.89. The molecule has 146 valence electrons. The van der Waals surface area contributed by atoms with Crippen molar-refractivity contribution in [3.8, 4) is 5.75 Å². The Kier molecular flexibility index (Phi) is 4.61. The lowest BCUT2D eigenvalue weighted by atomic mass is 9.70. The van der Waals surface area contributed by atoms with E-state index in [-0.39, 0.29) is 18.0 Å². The first kappa shape index (κ1) is 18.5. The third-order valence-corrected chi connectivity index (χ3v) is 6.43. The summed E-state index contributed by atoms with van der Waals surface area (Å²) in [5.74, 6) is -0.154. The summed E-state index contributed by atoms with van der Waals surface area (Å²) < 4.78 is 5.24. The first-order valence-corrected chi connectivity index (χ1v) is 9.71. The van der Waals surface area contributed by atoms with Gasteiger partial charge in [0.05, 0.1) is 12.5 Å². The second-order valence-corrected chi connectivity index (χ2v) is 7.97. The SMILES string of the molecule is COc1ccc(C(=O)N2[C@H]3CC[C@@H]2[C@](Cc2ccccc2)(C(=O)O)C3)c(C)c1. The van der Waals surface area contributed by atoms with Gasteiger partial charge in [-0.25, -0.2) is 0 Å². The molecule has 0 radical (unpaired) electrons. The number of ether oxygens (including phenoxy) is 1. The molecule has 2 aliphatic heterocycles. The lowest BCUT2D eigenvalue weighted by Crippen LogP contribution is -2.46. The van der Waals surface area contributed by atoms with Gasteiger partial charge < -0.3 is 14.7 Å². The number of carbonyl (C=O) groups is 2. The number of carboxylic acid groups (broad SMARTS) is 1. The zero-order chi connectivity index (χ0) is 19.9. The lowest BCUT2D eigenvalue weighted by molar-refractivity contribution is -0.150. The first-order chi connectivity index (χ1) is 13.5. The standard InChI is InChI=1S/C23H25NO4/c1-15-12-18(28-2)9-10-19(15)21(25)24-17-8-11-20(24)23(14-17,22(26)27)13-16-6-4-3-5-7-16/h3-7,9-10,12,17,20H,8,11,13-14H2,1-2H3,(H,26,27)/t17-,20+,23+/m0/s1. The molecule has 28 heavy (non-hydrogen) atoms. The highest BCUT2D eigenvalue weighted by Crippen LogP contribution is 2.52. The maximum atomic E-state index is 13.4. The zero-order valence-corrected chi connectivity index (χ0v) is 16.2. The van der Waals surface area contributed by atoms with E-state index in [1.165, 1.54) is 0 Å². The zero-order valence-electron chi connectivity index (χ0n) is 16.2. The third kappa shape index (κ3) is 2.86. The van der Waals surface area contributed by atoms with Gasteiger partial charge in [-0.3, -0.25) is 9.59 Å². The Morgan fingerprint density at radius 1 is 1.18 bits per heavy atom. The molecule has 2 aliphatic rings. The number of amides is 1. The van der Waals surface area contributed by atoms with Crippen molar-refractivity contribution in [1.82, 2.24) is 4.90 Å². The molecule has 4 rings (SSSR count). The molecule has 2 fully saturated rings. The fraction of sp³-hybridized carbons (Fsp3) is 0.391. The minimum atomic E-state index is -0.916. The van der Waals surface area contributed by atoms with Crippen LogP contribution < -0.4 is 4.74 Å². The van der Waals surface area contributed by atoms with E-state index < -0.39 is 11.4 Å². The molecule has 0 aromatic heterocycles. The number of hydrogen-bond donors (Lipinski definition) is 1. The maximum Gasteiger partial charge on any atom is 0.312 e. The molecule has 1 amide bonds. The van der Waals surface area contributed by atoms with Gasteiger partial charge in [-0.1, -0.05) is 30.3 Å². The second-order valence-electron chi connectivity index (χ2n) is 7.97. The highest BCUT2D eigenvalue weighted by atomic mass is 16.5. The van der Waals surface area contributed by atoms with E-state index in [2.05, 4.69) is 0 Å². The number of methoxy groups -OCH3 is 1. The topological polar surface area (TPSA) is 66.8 Å². The van der Waals surface area contributed by atoms with E-state index in [0.29, 0.717) is 24.2 Å². The largest absolute Gasteiger partial charge is 0.497 e.